The summed E-state index contributed by atoms with van der Waals surface area (Å²) in [4.78, 5) is 21.7. The highest BCUT2D eigenvalue weighted by Gasteiger charge is 2.30. The highest BCUT2D eigenvalue weighted by Crippen LogP contribution is 2.31. The standard InChI is InChI=1S/C31H35Cl2N5O6S/c1-31(2,3)44-29(39)20-38(45(40,41)25-16-22(32)15-23(33)17-25)24-7-8-26-21(14-24)9-11-37(26)28-19-35-27(18-36-28)34-10-13-43-30-6-4-5-12-42-30/h7-9,11,14-19,30H,4-6,10,12-13,20H2,1-3H3,(H,34,35). The van der Waals surface area contributed by atoms with Crippen LogP contribution in [0.3, 0.4) is 0 Å². The second-order valence-corrected chi connectivity index (χ2v) is 14.2. The van der Waals surface area contributed by atoms with Crippen LogP contribution in [0.4, 0.5) is 11.5 Å². The molecule has 1 N–H and O–H groups in total. The van der Waals surface area contributed by atoms with Gasteiger partial charge < -0.3 is 19.5 Å². The molecule has 4 aromatic rings. The van der Waals surface area contributed by atoms with Crippen LogP contribution < -0.4 is 9.62 Å². The Kier molecular flexibility index (Phi) is 10.2. The second-order valence-electron chi connectivity index (χ2n) is 11.5. The van der Waals surface area contributed by atoms with Crippen LogP contribution in [0.5, 0.6) is 0 Å². The Balaban J connectivity index is 1.36. The van der Waals surface area contributed by atoms with Crippen LogP contribution in [0.15, 0.2) is 66.0 Å². The maximum absolute atomic E-state index is 13.9. The van der Waals surface area contributed by atoms with Crippen molar-refractivity contribution in [2.45, 2.75) is 56.8 Å². The molecule has 1 atom stereocenters. The van der Waals surface area contributed by atoms with Gasteiger partial charge in [0.2, 0.25) is 0 Å². The second kappa shape index (κ2) is 13.9. The van der Waals surface area contributed by atoms with Crippen LogP contribution in [0, 0.1) is 0 Å². The molecule has 1 unspecified atom stereocenters. The van der Waals surface area contributed by atoms with Gasteiger partial charge >= 0.3 is 5.97 Å². The van der Waals surface area contributed by atoms with Gasteiger partial charge in [-0.15, -0.1) is 0 Å². The van der Waals surface area contributed by atoms with Crippen LogP contribution in [0.1, 0.15) is 40.0 Å². The molecular weight excluding hydrogens is 641 g/mol. The van der Waals surface area contributed by atoms with Gasteiger partial charge in [-0.1, -0.05) is 23.2 Å². The SMILES string of the molecule is CC(C)(C)OC(=O)CN(c1ccc2c(ccn2-c2cnc(NCCOC3CCCCO3)cn2)c1)S(=O)(=O)c1cc(Cl)cc(Cl)c1. The molecule has 3 heterocycles. The van der Waals surface area contributed by atoms with E-state index in [1.807, 2.05) is 16.8 Å². The summed E-state index contributed by atoms with van der Waals surface area (Å²) < 4.78 is 47.3. The lowest BCUT2D eigenvalue weighted by molar-refractivity contribution is -0.160. The number of rotatable bonds is 11. The summed E-state index contributed by atoms with van der Waals surface area (Å²) in [6, 6.07) is 10.9. The number of benzene rings is 2. The molecule has 11 nitrogen and oxygen atoms in total. The lowest BCUT2D eigenvalue weighted by Crippen LogP contribution is -2.39. The summed E-state index contributed by atoms with van der Waals surface area (Å²) in [5, 5.41) is 4.21. The lowest BCUT2D eigenvalue weighted by Gasteiger charge is -2.26. The number of sulfonamides is 1. The van der Waals surface area contributed by atoms with Gasteiger partial charge in [0.25, 0.3) is 10.0 Å². The van der Waals surface area contributed by atoms with Crippen molar-refractivity contribution in [3.8, 4) is 5.82 Å². The quantitative estimate of drug-likeness (QED) is 0.146. The number of carbonyl (C=O) groups is 1. The first-order valence-electron chi connectivity index (χ1n) is 14.5. The van der Waals surface area contributed by atoms with E-state index in [0.29, 0.717) is 30.2 Å². The van der Waals surface area contributed by atoms with Gasteiger partial charge in [-0.05, 0) is 82.5 Å². The molecule has 1 saturated heterocycles. The van der Waals surface area contributed by atoms with Crippen molar-refractivity contribution in [1.82, 2.24) is 14.5 Å². The Morgan fingerprint density at radius 2 is 1.87 bits per heavy atom. The number of aromatic nitrogens is 3. The summed E-state index contributed by atoms with van der Waals surface area (Å²) in [6.07, 6.45) is 8.05. The van der Waals surface area contributed by atoms with Crippen LogP contribution in [-0.4, -0.2) is 67.1 Å². The fourth-order valence-corrected chi connectivity index (χ4v) is 6.97. The summed E-state index contributed by atoms with van der Waals surface area (Å²) in [6.45, 7) is 6.36. The molecule has 0 aliphatic carbocycles. The van der Waals surface area contributed by atoms with E-state index < -0.39 is 28.1 Å². The van der Waals surface area contributed by atoms with E-state index >= 15 is 0 Å². The van der Waals surface area contributed by atoms with Crippen molar-refractivity contribution in [3.63, 3.8) is 0 Å². The van der Waals surface area contributed by atoms with E-state index in [1.165, 1.54) is 18.2 Å². The minimum Gasteiger partial charge on any atom is -0.459 e. The fraction of sp³-hybridized carbons (Fsp3) is 0.387. The summed E-state index contributed by atoms with van der Waals surface area (Å²) in [7, 11) is -4.27. The molecule has 1 aliphatic heterocycles. The van der Waals surface area contributed by atoms with Gasteiger partial charge in [-0.2, -0.15) is 0 Å². The van der Waals surface area contributed by atoms with Gasteiger partial charge in [0.15, 0.2) is 12.1 Å². The van der Waals surface area contributed by atoms with E-state index in [9.17, 15) is 13.2 Å². The van der Waals surface area contributed by atoms with Crippen molar-refractivity contribution < 1.29 is 27.4 Å². The molecule has 240 valence electrons. The molecule has 1 fully saturated rings. The van der Waals surface area contributed by atoms with Gasteiger partial charge in [0.05, 0.1) is 35.1 Å². The highest BCUT2D eigenvalue weighted by molar-refractivity contribution is 7.92. The van der Waals surface area contributed by atoms with Crippen LogP contribution in [0.2, 0.25) is 10.0 Å². The molecule has 1 aliphatic rings. The molecule has 45 heavy (non-hydrogen) atoms. The van der Waals surface area contributed by atoms with Gasteiger partial charge in [0.1, 0.15) is 18.0 Å². The van der Waals surface area contributed by atoms with E-state index in [1.54, 1.807) is 51.4 Å². The number of anilines is 2. The number of nitrogens with one attached hydrogen (secondary N) is 1. The van der Waals surface area contributed by atoms with E-state index in [2.05, 4.69) is 15.3 Å². The monoisotopic (exact) mass is 675 g/mol. The third-order valence-corrected chi connectivity index (χ3v) is 9.00. The number of halogens is 2. The highest BCUT2D eigenvalue weighted by atomic mass is 35.5. The average molecular weight is 677 g/mol. The topological polar surface area (TPSA) is 125 Å². The first-order valence-corrected chi connectivity index (χ1v) is 16.7. The van der Waals surface area contributed by atoms with Crippen molar-refractivity contribution in [2.24, 2.45) is 0 Å². The number of nitrogens with zero attached hydrogens (tertiary/aromatic N) is 4. The predicted octanol–water partition coefficient (Wildman–Crippen LogP) is 6.22. The molecule has 0 radical (unpaired) electrons. The summed E-state index contributed by atoms with van der Waals surface area (Å²) >= 11 is 12.2. The number of hydrogen-bond acceptors (Lipinski definition) is 9. The Morgan fingerprint density at radius 1 is 1.09 bits per heavy atom. The molecule has 0 bridgehead atoms. The average Bonchev–Trinajstić information content (AvgIpc) is 3.41. The zero-order chi connectivity index (χ0) is 32.2. The molecule has 0 saturated carbocycles. The zero-order valence-corrected chi connectivity index (χ0v) is 27.5. The Hall–Kier alpha value is -3.42. The number of hydrogen-bond donors (Lipinski definition) is 1. The van der Waals surface area contributed by atoms with E-state index in [4.69, 9.17) is 37.4 Å². The van der Waals surface area contributed by atoms with E-state index in [0.717, 1.165) is 35.7 Å². The third kappa shape index (κ3) is 8.44. The minimum atomic E-state index is -4.27. The maximum Gasteiger partial charge on any atom is 0.327 e. The zero-order valence-electron chi connectivity index (χ0n) is 25.2. The number of fused-ring (bicyclic) bond motifs is 1. The van der Waals surface area contributed by atoms with Gasteiger partial charge in [-0.3, -0.25) is 13.7 Å². The molecule has 2 aromatic heterocycles. The van der Waals surface area contributed by atoms with Crippen molar-refractivity contribution in [2.75, 3.05) is 35.9 Å². The van der Waals surface area contributed by atoms with Crippen molar-refractivity contribution >= 4 is 61.6 Å². The molecule has 0 amide bonds. The first kappa shape index (κ1) is 33.0. The Bertz CT molecular complexity index is 1730. The molecular formula is C31H35Cl2N5O6S. The van der Waals surface area contributed by atoms with Crippen LogP contribution in [-0.2, 0) is 29.0 Å². The number of esters is 1. The minimum absolute atomic E-state index is 0.142. The van der Waals surface area contributed by atoms with E-state index in [-0.39, 0.29) is 26.9 Å². The Morgan fingerprint density at radius 3 is 2.53 bits per heavy atom. The smallest absolute Gasteiger partial charge is 0.327 e. The third-order valence-electron chi connectivity index (χ3n) is 6.81. The number of carbonyl (C=O) groups excluding carboxylic acids is 1. The van der Waals surface area contributed by atoms with Crippen LogP contribution in [0.25, 0.3) is 16.7 Å². The predicted molar refractivity (Wildman–Crippen MR) is 174 cm³/mol. The Labute approximate surface area is 272 Å². The maximum atomic E-state index is 13.9. The largest absolute Gasteiger partial charge is 0.459 e. The normalized spacial score (nSPS) is 15.6. The summed E-state index contributed by atoms with van der Waals surface area (Å²) in [5.41, 5.74) is 0.209. The van der Waals surface area contributed by atoms with Gasteiger partial charge in [-0.25, -0.2) is 18.4 Å². The fourth-order valence-electron chi connectivity index (χ4n) is 4.84. The first-order chi connectivity index (χ1) is 21.4. The molecule has 14 heteroatoms. The summed E-state index contributed by atoms with van der Waals surface area (Å²) in [5.74, 6) is 0.464. The molecule has 0 spiro atoms. The van der Waals surface area contributed by atoms with Crippen molar-refractivity contribution in [3.05, 3.63) is 71.1 Å². The molecule has 5 rings (SSSR count). The number of ether oxygens (including phenoxy) is 3. The van der Waals surface area contributed by atoms with Gasteiger partial charge in [0, 0.05) is 34.8 Å². The van der Waals surface area contributed by atoms with Crippen molar-refractivity contribution in [1.29, 1.82) is 0 Å². The van der Waals surface area contributed by atoms with Crippen LogP contribution >= 0.6 is 23.2 Å². The lowest BCUT2D eigenvalue weighted by atomic mass is 10.2. The molecule has 2 aromatic carbocycles.